The third-order valence-corrected chi connectivity index (χ3v) is 6.34. The molecule has 7 nitrogen and oxygen atoms in total. The largest absolute Gasteiger partial charge is 0.394 e. The SMILES string of the molecule is Cc1cnc(Nc2ccc(F)cc2Cl)nc1-c1c(C)[nH]c(C(=O)NC(CO)c2cccc(Cl)c2)c1C. The lowest BCUT2D eigenvalue weighted by Gasteiger charge is -2.17. The molecule has 0 aliphatic carbocycles. The number of H-pyrrole nitrogens is 1. The molecule has 0 aliphatic rings. The molecule has 0 saturated carbocycles. The second kappa shape index (κ2) is 10.7. The lowest BCUT2D eigenvalue weighted by atomic mass is 10.0. The maximum atomic E-state index is 13.4. The van der Waals surface area contributed by atoms with Gasteiger partial charge in [-0.3, -0.25) is 4.79 Å². The highest BCUT2D eigenvalue weighted by molar-refractivity contribution is 6.33. The third kappa shape index (κ3) is 5.36. The molecule has 186 valence electrons. The van der Waals surface area contributed by atoms with Crippen molar-refractivity contribution in [3.8, 4) is 11.3 Å². The number of nitrogens with one attached hydrogen (secondary N) is 3. The zero-order chi connectivity index (χ0) is 26.0. The Kier molecular flexibility index (Phi) is 7.59. The lowest BCUT2D eigenvalue weighted by Crippen LogP contribution is -2.31. The summed E-state index contributed by atoms with van der Waals surface area (Å²) in [4.78, 5) is 25.3. The van der Waals surface area contributed by atoms with Crippen molar-refractivity contribution >= 4 is 40.7 Å². The zero-order valence-electron chi connectivity index (χ0n) is 19.8. The Hall–Kier alpha value is -3.46. The summed E-state index contributed by atoms with van der Waals surface area (Å²) < 4.78 is 13.4. The first-order valence-electron chi connectivity index (χ1n) is 11.1. The van der Waals surface area contributed by atoms with E-state index in [4.69, 9.17) is 23.2 Å². The van der Waals surface area contributed by atoms with E-state index in [1.165, 1.54) is 18.2 Å². The van der Waals surface area contributed by atoms with Crippen molar-refractivity contribution in [3.05, 3.63) is 92.6 Å². The molecule has 4 aromatic rings. The number of halogens is 3. The summed E-state index contributed by atoms with van der Waals surface area (Å²) in [7, 11) is 0. The van der Waals surface area contributed by atoms with Gasteiger partial charge in [0.25, 0.3) is 5.91 Å². The average Bonchev–Trinajstić information content (AvgIpc) is 3.14. The van der Waals surface area contributed by atoms with Crippen LogP contribution in [0.3, 0.4) is 0 Å². The Morgan fingerprint density at radius 3 is 2.64 bits per heavy atom. The summed E-state index contributed by atoms with van der Waals surface area (Å²) in [5.41, 5.74) is 5.15. The van der Waals surface area contributed by atoms with Crippen LogP contribution in [0.25, 0.3) is 11.3 Å². The molecule has 1 atom stereocenters. The van der Waals surface area contributed by atoms with Crippen molar-refractivity contribution in [2.75, 3.05) is 11.9 Å². The highest BCUT2D eigenvalue weighted by Crippen LogP contribution is 2.32. The Bertz CT molecular complexity index is 1440. The van der Waals surface area contributed by atoms with Gasteiger partial charge in [-0.15, -0.1) is 0 Å². The molecule has 0 aliphatic heterocycles. The van der Waals surface area contributed by atoms with Crippen LogP contribution in [0.1, 0.15) is 38.9 Å². The summed E-state index contributed by atoms with van der Waals surface area (Å²) in [6.07, 6.45) is 1.66. The van der Waals surface area contributed by atoms with E-state index >= 15 is 0 Å². The van der Waals surface area contributed by atoms with Crippen LogP contribution < -0.4 is 10.6 Å². The minimum Gasteiger partial charge on any atom is -0.394 e. The second-order valence-corrected chi connectivity index (χ2v) is 9.21. The monoisotopic (exact) mass is 527 g/mol. The summed E-state index contributed by atoms with van der Waals surface area (Å²) in [6, 6.07) is 10.4. The summed E-state index contributed by atoms with van der Waals surface area (Å²) in [5.74, 6) is -0.542. The average molecular weight is 528 g/mol. The van der Waals surface area contributed by atoms with Gasteiger partial charge >= 0.3 is 0 Å². The molecule has 2 aromatic carbocycles. The van der Waals surface area contributed by atoms with Gasteiger partial charge in [-0.25, -0.2) is 14.4 Å². The Balaban J connectivity index is 1.64. The second-order valence-electron chi connectivity index (χ2n) is 8.36. The van der Waals surface area contributed by atoms with Crippen LogP contribution in [-0.4, -0.2) is 32.6 Å². The van der Waals surface area contributed by atoms with Crippen LogP contribution in [0.2, 0.25) is 10.0 Å². The Labute approximate surface area is 217 Å². The van der Waals surface area contributed by atoms with Gasteiger partial charge in [0.05, 0.1) is 29.1 Å². The van der Waals surface area contributed by atoms with E-state index in [-0.39, 0.29) is 23.5 Å². The van der Waals surface area contributed by atoms with Crippen LogP contribution in [0.4, 0.5) is 16.0 Å². The quantitative estimate of drug-likeness (QED) is 0.234. The topological polar surface area (TPSA) is 103 Å². The summed E-state index contributed by atoms with van der Waals surface area (Å²) in [6.45, 7) is 5.26. The predicted octanol–water partition coefficient (Wildman–Crippen LogP) is 6.05. The molecule has 1 amide bonds. The lowest BCUT2D eigenvalue weighted by molar-refractivity contribution is 0.0911. The fourth-order valence-corrected chi connectivity index (χ4v) is 4.40. The fourth-order valence-electron chi connectivity index (χ4n) is 3.99. The Morgan fingerprint density at radius 2 is 1.94 bits per heavy atom. The first kappa shape index (κ1) is 25.6. The highest BCUT2D eigenvalue weighted by atomic mass is 35.5. The minimum atomic E-state index is -0.625. The van der Waals surface area contributed by atoms with Crippen LogP contribution in [0.15, 0.2) is 48.7 Å². The third-order valence-electron chi connectivity index (χ3n) is 5.79. The predicted molar refractivity (Wildman–Crippen MR) is 139 cm³/mol. The standard InChI is InChI=1S/C26H24Cl2FN5O2/c1-13-11-30-26(33-20-8-7-18(29)10-19(20)28)34-23(13)22-14(2)24(31-15(22)3)25(36)32-21(12-35)16-5-4-6-17(27)9-16/h4-11,21,31,35H,12H2,1-3H3,(H,32,36)(H,30,33,34). The normalized spacial score (nSPS) is 11.9. The summed E-state index contributed by atoms with van der Waals surface area (Å²) in [5, 5.41) is 16.5. The van der Waals surface area contributed by atoms with E-state index in [2.05, 4.69) is 25.6 Å². The molecule has 0 saturated heterocycles. The number of hydrogen-bond acceptors (Lipinski definition) is 5. The molecule has 4 rings (SSSR count). The molecular weight excluding hydrogens is 504 g/mol. The molecule has 1 unspecified atom stereocenters. The molecular formula is C26H24Cl2FN5O2. The number of aryl methyl sites for hydroxylation is 2. The fraction of sp³-hybridized carbons (Fsp3) is 0.192. The van der Waals surface area contributed by atoms with Crippen molar-refractivity contribution < 1.29 is 14.3 Å². The van der Waals surface area contributed by atoms with Crippen molar-refractivity contribution in [2.45, 2.75) is 26.8 Å². The number of aromatic amines is 1. The molecule has 36 heavy (non-hydrogen) atoms. The number of aromatic nitrogens is 3. The minimum absolute atomic E-state index is 0.201. The van der Waals surface area contributed by atoms with E-state index in [1.54, 1.807) is 30.5 Å². The number of nitrogens with zero attached hydrogens (tertiary/aromatic N) is 2. The number of rotatable bonds is 7. The number of carbonyl (C=O) groups excluding carboxylic acids is 1. The molecule has 0 spiro atoms. The molecule has 0 radical (unpaired) electrons. The summed E-state index contributed by atoms with van der Waals surface area (Å²) >= 11 is 12.2. The van der Waals surface area contributed by atoms with Crippen molar-refractivity contribution in [1.82, 2.24) is 20.3 Å². The molecule has 4 N–H and O–H groups in total. The highest BCUT2D eigenvalue weighted by Gasteiger charge is 2.23. The van der Waals surface area contributed by atoms with Gasteiger partial charge in [-0.1, -0.05) is 35.3 Å². The number of anilines is 2. The van der Waals surface area contributed by atoms with Crippen LogP contribution in [0.5, 0.6) is 0 Å². The van der Waals surface area contributed by atoms with Crippen molar-refractivity contribution in [3.63, 3.8) is 0 Å². The van der Waals surface area contributed by atoms with Crippen molar-refractivity contribution in [2.24, 2.45) is 0 Å². The van der Waals surface area contributed by atoms with E-state index in [1.807, 2.05) is 20.8 Å². The van der Waals surface area contributed by atoms with Crippen LogP contribution in [-0.2, 0) is 0 Å². The van der Waals surface area contributed by atoms with Gasteiger partial charge in [0.15, 0.2) is 0 Å². The zero-order valence-corrected chi connectivity index (χ0v) is 21.3. The van der Waals surface area contributed by atoms with Gasteiger partial charge < -0.3 is 20.7 Å². The number of aliphatic hydroxyl groups excluding tert-OH is 1. The number of aliphatic hydroxyl groups is 1. The van der Waals surface area contributed by atoms with E-state index < -0.39 is 11.9 Å². The molecule has 2 heterocycles. The maximum absolute atomic E-state index is 13.4. The van der Waals surface area contributed by atoms with E-state index in [0.29, 0.717) is 33.2 Å². The number of hydrogen-bond donors (Lipinski definition) is 4. The van der Waals surface area contributed by atoms with Crippen LogP contribution >= 0.6 is 23.2 Å². The smallest absolute Gasteiger partial charge is 0.268 e. The van der Waals surface area contributed by atoms with Gasteiger partial charge in [-0.2, -0.15) is 0 Å². The first-order chi connectivity index (χ1) is 17.2. The van der Waals surface area contributed by atoms with Gasteiger partial charge in [0.2, 0.25) is 5.95 Å². The molecule has 0 bridgehead atoms. The molecule has 10 heteroatoms. The first-order valence-corrected chi connectivity index (χ1v) is 11.9. The molecule has 0 fully saturated rings. The van der Waals surface area contributed by atoms with Gasteiger partial charge in [0, 0.05) is 22.5 Å². The maximum Gasteiger partial charge on any atom is 0.268 e. The van der Waals surface area contributed by atoms with E-state index in [9.17, 15) is 14.3 Å². The van der Waals surface area contributed by atoms with Crippen LogP contribution in [0, 0.1) is 26.6 Å². The Morgan fingerprint density at radius 1 is 1.17 bits per heavy atom. The van der Waals surface area contributed by atoms with Gasteiger partial charge in [-0.05, 0) is 67.8 Å². The van der Waals surface area contributed by atoms with E-state index in [0.717, 1.165) is 16.8 Å². The molecule has 2 aromatic heterocycles. The number of amides is 1. The number of benzene rings is 2. The van der Waals surface area contributed by atoms with Gasteiger partial charge in [0.1, 0.15) is 11.5 Å². The van der Waals surface area contributed by atoms with Crippen molar-refractivity contribution in [1.29, 1.82) is 0 Å². The number of carbonyl (C=O) groups is 1.